The SMILES string of the molecule is C[Si](C)(C)CCOCn1c(I)nc2c(-c3ccc(-c4ccccc4)cc3)cc(Cl)cc21. The van der Waals surface area contributed by atoms with Crippen LogP contribution in [0.4, 0.5) is 0 Å². The van der Waals surface area contributed by atoms with E-state index in [2.05, 4.69) is 95.3 Å². The summed E-state index contributed by atoms with van der Waals surface area (Å²) in [5.41, 5.74) is 6.51. The minimum atomic E-state index is -1.11. The van der Waals surface area contributed by atoms with E-state index in [4.69, 9.17) is 21.3 Å². The summed E-state index contributed by atoms with van der Waals surface area (Å²) in [5.74, 6) is 0. The zero-order valence-corrected chi connectivity index (χ0v) is 21.9. The molecule has 0 radical (unpaired) electrons. The fourth-order valence-corrected chi connectivity index (χ4v) is 5.12. The highest BCUT2D eigenvalue weighted by atomic mass is 127. The molecule has 4 rings (SSSR count). The fraction of sp³-hybridized carbons (Fsp3) is 0.240. The van der Waals surface area contributed by atoms with Gasteiger partial charge in [0.2, 0.25) is 0 Å². The minimum absolute atomic E-state index is 0.492. The first-order chi connectivity index (χ1) is 14.8. The van der Waals surface area contributed by atoms with E-state index in [-0.39, 0.29) is 0 Å². The Kier molecular flexibility index (Phi) is 6.86. The van der Waals surface area contributed by atoms with E-state index in [1.54, 1.807) is 0 Å². The third kappa shape index (κ3) is 5.39. The van der Waals surface area contributed by atoms with Crippen LogP contribution in [0.15, 0.2) is 66.7 Å². The maximum absolute atomic E-state index is 6.52. The standard InChI is InChI=1S/C25H26ClIN2OSi/c1-31(2,3)14-13-30-17-29-23-16-21(26)15-22(24(23)28-25(29)27)20-11-9-19(10-12-20)18-7-5-4-6-8-18/h4-12,15-16H,13-14,17H2,1-3H3. The lowest BCUT2D eigenvalue weighted by Crippen LogP contribution is -2.22. The first kappa shape index (κ1) is 22.5. The lowest BCUT2D eigenvalue weighted by molar-refractivity contribution is 0.0881. The highest BCUT2D eigenvalue weighted by molar-refractivity contribution is 14.1. The van der Waals surface area contributed by atoms with Crippen molar-refractivity contribution in [1.29, 1.82) is 0 Å². The van der Waals surface area contributed by atoms with Crippen LogP contribution in [-0.4, -0.2) is 24.2 Å². The second kappa shape index (κ2) is 9.44. The van der Waals surface area contributed by atoms with Gasteiger partial charge in [-0.25, -0.2) is 4.98 Å². The minimum Gasteiger partial charge on any atom is -0.361 e. The maximum atomic E-state index is 6.52. The molecule has 160 valence electrons. The number of fused-ring (bicyclic) bond motifs is 1. The number of benzene rings is 3. The van der Waals surface area contributed by atoms with Gasteiger partial charge < -0.3 is 4.74 Å². The van der Waals surface area contributed by atoms with Crippen LogP contribution in [0.1, 0.15) is 0 Å². The number of hydrogen-bond donors (Lipinski definition) is 0. The number of aromatic nitrogens is 2. The number of imidazole rings is 1. The molecule has 0 N–H and O–H groups in total. The molecule has 0 bridgehead atoms. The van der Waals surface area contributed by atoms with Gasteiger partial charge in [-0.3, -0.25) is 4.57 Å². The van der Waals surface area contributed by atoms with Crippen LogP contribution in [0.2, 0.25) is 30.7 Å². The molecule has 0 aliphatic heterocycles. The number of ether oxygens (including phenoxy) is 1. The van der Waals surface area contributed by atoms with E-state index in [1.165, 1.54) is 11.1 Å². The van der Waals surface area contributed by atoms with Gasteiger partial charge in [0, 0.05) is 47.9 Å². The summed E-state index contributed by atoms with van der Waals surface area (Å²) < 4.78 is 9.02. The Morgan fingerprint density at radius 2 is 1.58 bits per heavy atom. The normalized spacial score (nSPS) is 11.9. The van der Waals surface area contributed by atoms with Crippen LogP contribution in [0.5, 0.6) is 0 Å². The molecule has 1 heterocycles. The quantitative estimate of drug-likeness (QED) is 0.130. The summed E-state index contributed by atoms with van der Waals surface area (Å²) in [5, 5.41) is 0.703. The van der Waals surface area contributed by atoms with Crippen molar-refractivity contribution in [2.24, 2.45) is 0 Å². The Labute approximate surface area is 203 Å². The maximum Gasteiger partial charge on any atom is 0.174 e. The Morgan fingerprint density at radius 1 is 0.935 bits per heavy atom. The van der Waals surface area contributed by atoms with E-state index in [0.717, 1.165) is 38.6 Å². The third-order valence-electron chi connectivity index (χ3n) is 5.29. The zero-order chi connectivity index (χ0) is 22.0. The molecule has 31 heavy (non-hydrogen) atoms. The molecule has 0 saturated carbocycles. The van der Waals surface area contributed by atoms with E-state index < -0.39 is 8.07 Å². The Morgan fingerprint density at radius 3 is 2.26 bits per heavy atom. The molecular formula is C25H26ClIN2OSi. The average Bonchev–Trinajstić information content (AvgIpc) is 3.06. The fourth-order valence-electron chi connectivity index (χ4n) is 3.51. The van der Waals surface area contributed by atoms with E-state index in [9.17, 15) is 0 Å². The summed E-state index contributed by atoms with van der Waals surface area (Å²) in [6, 6.07) is 24.1. The topological polar surface area (TPSA) is 27.1 Å². The van der Waals surface area contributed by atoms with Crippen molar-refractivity contribution in [3.8, 4) is 22.3 Å². The van der Waals surface area contributed by atoms with Crippen LogP contribution in [-0.2, 0) is 11.5 Å². The average molecular weight is 561 g/mol. The van der Waals surface area contributed by atoms with Crippen LogP contribution in [0, 0.1) is 3.83 Å². The summed E-state index contributed by atoms with van der Waals surface area (Å²) >= 11 is 8.80. The highest BCUT2D eigenvalue weighted by Crippen LogP contribution is 2.34. The van der Waals surface area contributed by atoms with Gasteiger partial charge in [-0.05, 0) is 34.9 Å². The smallest absolute Gasteiger partial charge is 0.174 e. The molecule has 0 aliphatic rings. The molecular weight excluding hydrogens is 535 g/mol. The lowest BCUT2D eigenvalue weighted by Gasteiger charge is -2.16. The number of halogens is 2. The van der Waals surface area contributed by atoms with Gasteiger partial charge in [-0.15, -0.1) is 0 Å². The molecule has 0 aliphatic carbocycles. The van der Waals surface area contributed by atoms with Crippen molar-refractivity contribution in [2.45, 2.75) is 32.4 Å². The van der Waals surface area contributed by atoms with Gasteiger partial charge in [0.25, 0.3) is 0 Å². The molecule has 0 atom stereocenters. The van der Waals surface area contributed by atoms with E-state index in [1.807, 2.05) is 18.2 Å². The molecule has 0 fully saturated rings. The van der Waals surface area contributed by atoms with E-state index >= 15 is 0 Å². The third-order valence-corrected chi connectivity index (χ3v) is 8.04. The van der Waals surface area contributed by atoms with Crippen molar-refractivity contribution >= 4 is 53.3 Å². The van der Waals surface area contributed by atoms with Gasteiger partial charge in [0.05, 0.1) is 11.0 Å². The van der Waals surface area contributed by atoms with Crippen molar-refractivity contribution in [1.82, 2.24) is 9.55 Å². The second-order valence-electron chi connectivity index (χ2n) is 8.92. The highest BCUT2D eigenvalue weighted by Gasteiger charge is 2.16. The van der Waals surface area contributed by atoms with Gasteiger partial charge in [-0.2, -0.15) is 0 Å². The Bertz CT molecular complexity index is 1180. The van der Waals surface area contributed by atoms with Crippen LogP contribution in [0.25, 0.3) is 33.3 Å². The zero-order valence-electron chi connectivity index (χ0n) is 18.0. The van der Waals surface area contributed by atoms with Crippen LogP contribution >= 0.6 is 34.2 Å². The van der Waals surface area contributed by atoms with Crippen molar-refractivity contribution in [3.05, 3.63) is 75.6 Å². The largest absolute Gasteiger partial charge is 0.361 e. The molecule has 1 aromatic heterocycles. The predicted octanol–water partition coefficient (Wildman–Crippen LogP) is 7.94. The molecule has 4 aromatic rings. The monoisotopic (exact) mass is 560 g/mol. The number of rotatable bonds is 7. The summed E-state index contributed by atoms with van der Waals surface area (Å²) in [6.45, 7) is 8.36. The summed E-state index contributed by atoms with van der Waals surface area (Å²) in [4.78, 5) is 4.86. The summed E-state index contributed by atoms with van der Waals surface area (Å²) in [6.07, 6.45) is 0. The molecule has 0 saturated heterocycles. The van der Waals surface area contributed by atoms with Crippen LogP contribution in [0.3, 0.4) is 0 Å². The molecule has 0 spiro atoms. The van der Waals surface area contributed by atoms with Crippen molar-refractivity contribution in [2.75, 3.05) is 6.61 Å². The van der Waals surface area contributed by atoms with Gasteiger partial charge >= 0.3 is 0 Å². The lowest BCUT2D eigenvalue weighted by atomic mass is 9.99. The van der Waals surface area contributed by atoms with Gasteiger partial charge in [0.15, 0.2) is 3.83 Å². The predicted molar refractivity (Wildman–Crippen MR) is 142 cm³/mol. The van der Waals surface area contributed by atoms with Gasteiger partial charge in [0.1, 0.15) is 6.73 Å². The first-order valence-electron chi connectivity index (χ1n) is 10.4. The number of nitrogens with zero attached hydrogens (tertiary/aromatic N) is 2. The number of hydrogen-bond acceptors (Lipinski definition) is 2. The molecule has 0 amide bonds. The van der Waals surface area contributed by atoms with E-state index in [0.29, 0.717) is 11.8 Å². The van der Waals surface area contributed by atoms with Crippen LogP contribution < -0.4 is 0 Å². The van der Waals surface area contributed by atoms with Gasteiger partial charge in [-0.1, -0.05) is 85.8 Å². The Balaban J connectivity index is 1.64. The molecule has 6 heteroatoms. The first-order valence-corrected chi connectivity index (χ1v) is 15.6. The molecule has 3 nitrogen and oxygen atoms in total. The van der Waals surface area contributed by atoms with Crippen molar-refractivity contribution in [3.63, 3.8) is 0 Å². The molecule has 3 aromatic carbocycles. The van der Waals surface area contributed by atoms with Crippen molar-refractivity contribution < 1.29 is 4.74 Å². The summed E-state index contributed by atoms with van der Waals surface area (Å²) in [7, 11) is -1.11. The molecule has 0 unspecified atom stereocenters. The Hall–Kier alpha value is -1.67. The second-order valence-corrected chi connectivity index (χ2v) is 15.9.